The lowest BCUT2D eigenvalue weighted by Gasteiger charge is -2.28. The largest absolute Gasteiger partial charge is 0.358 e. The number of hydrogen-bond acceptors (Lipinski definition) is 5. The molecule has 1 aliphatic heterocycles. The monoisotopic (exact) mass is 249 g/mol. The van der Waals surface area contributed by atoms with Gasteiger partial charge in [0.05, 0.1) is 5.69 Å². The molecule has 0 atom stereocenters. The summed E-state index contributed by atoms with van der Waals surface area (Å²) >= 11 is 0. The maximum Gasteiger partial charge on any atom is 0.150 e. The van der Waals surface area contributed by atoms with Crippen LogP contribution in [-0.2, 0) is 0 Å². The molecule has 5 nitrogen and oxygen atoms in total. The van der Waals surface area contributed by atoms with Crippen LogP contribution in [0.4, 0.5) is 5.82 Å². The third-order valence-electron chi connectivity index (χ3n) is 3.35. The van der Waals surface area contributed by atoms with Gasteiger partial charge in [-0.05, 0) is 32.0 Å². The molecular formula is C13H23N5. The second-order valence-electron chi connectivity index (χ2n) is 4.90. The van der Waals surface area contributed by atoms with Gasteiger partial charge in [0.1, 0.15) is 0 Å². The minimum atomic E-state index is 0.959. The molecule has 1 aromatic rings. The van der Waals surface area contributed by atoms with E-state index in [-0.39, 0.29) is 0 Å². The lowest BCUT2D eigenvalue weighted by Crippen LogP contribution is -2.44. The van der Waals surface area contributed by atoms with Crippen molar-refractivity contribution in [3.05, 3.63) is 17.8 Å². The van der Waals surface area contributed by atoms with Gasteiger partial charge in [0.2, 0.25) is 0 Å². The highest BCUT2D eigenvalue weighted by molar-refractivity contribution is 5.35. The fourth-order valence-electron chi connectivity index (χ4n) is 2.18. The summed E-state index contributed by atoms with van der Waals surface area (Å²) in [6.07, 6.45) is 1.17. The number of hydrogen-bond donors (Lipinski definition) is 1. The molecule has 0 aliphatic carbocycles. The first kappa shape index (κ1) is 13.2. The minimum Gasteiger partial charge on any atom is -0.358 e. The Bertz CT molecular complexity index is 345. The zero-order valence-corrected chi connectivity index (χ0v) is 11.4. The van der Waals surface area contributed by atoms with Crippen molar-refractivity contribution in [2.24, 2.45) is 0 Å². The average molecular weight is 249 g/mol. The standard InChI is InChI=1S/C13H23N5/c1-12-4-5-13(16-15-12)17(2)8-3-9-18-10-6-14-7-11-18/h4-5,14H,3,6-11H2,1-2H3. The highest BCUT2D eigenvalue weighted by Gasteiger charge is 2.09. The van der Waals surface area contributed by atoms with E-state index in [0.29, 0.717) is 0 Å². The molecule has 1 fully saturated rings. The van der Waals surface area contributed by atoms with Crippen LogP contribution < -0.4 is 10.2 Å². The Hall–Kier alpha value is -1.20. The SMILES string of the molecule is Cc1ccc(N(C)CCCN2CCNCC2)nn1. The van der Waals surface area contributed by atoms with Crippen LogP contribution >= 0.6 is 0 Å². The summed E-state index contributed by atoms with van der Waals surface area (Å²) < 4.78 is 0. The zero-order valence-electron chi connectivity index (χ0n) is 11.4. The summed E-state index contributed by atoms with van der Waals surface area (Å²) in [4.78, 5) is 4.69. The van der Waals surface area contributed by atoms with Crippen molar-refractivity contribution >= 4 is 5.82 Å². The van der Waals surface area contributed by atoms with Crippen LogP contribution in [0.2, 0.25) is 0 Å². The van der Waals surface area contributed by atoms with Crippen LogP contribution in [-0.4, -0.2) is 61.4 Å². The quantitative estimate of drug-likeness (QED) is 0.824. The van der Waals surface area contributed by atoms with E-state index in [1.54, 1.807) is 0 Å². The van der Waals surface area contributed by atoms with E-state index in [9.17, 15) is 0 Å². The van der Waals surface area contributed by atoms with Gasteiger partial charge in [-0.2, -0.15) is 5.10 Å². The molecule has 2 rings (SSSR count). The predicted molar refractivity (Wildman–Crippen MR) is 74.0 cm³/mol. The van der Waals surface area contributed by atoms with Crippen LogP contribution in [0.5, 0.6) is 0 Å². The summed E-state index contributed by atoms with van der Waals surface area (Å²) in [5.74, 6) is 0.959. The average Bonchev–Trinajstić information content (AvgIpc) is 2.40. The third-order valence-corrected chi connectivity index (χ3v) is 3.35. The number of nitrogens with zero attached hydrogens (tertiary/aromatic N) is 4. The van der Waals surface area contributed by atoms with Gasteiger partial charge >= 0.3 is 0 Å². The van der Waals surface area contributed by atoms with Gasteiger partial charge in [0.15, 0.2) is 5.82 Å². The molecule has 0 bridgehead atoms. The number of piperazine rings is 1. The van der Waals surface area contributed by atoms with Crippen LogP contribution in [0.1, 0.15) is 12.1 Å². The predicted octanol–water partition coefficient (Wildman–Crippen LogP) is 0.517. The zero-order chi connectivity index (χ0) is 12.8. The van der Waals surface area contributed by atoms with Crippen molar-refractivity contribution in [2.45, 2.75) is 13.3 Å². The second-order valence-corrected chi connectivity index (χ2v) is 4.90. The number of anilines is 1. The Kier molecular flexibility index (Phi) is 4.90. The van der Waals surface area contributed by atoms with Crippen molar-refractivity contribution in [2.75, 3.05) is 51.2 Å². The molecule has 0 spiro atoms. The molecule has 1 saturated heterocycles. The number of aryl methyl sites for hydroxylation is 1. The van der Waals surface area contributed by atoms with E-state index in [1.807, 2.05) is 19.1 Å². The number of rotatable bonds is 5. The van der Waals surface area contributed by atoms with Crippen LogP contribution in [0, 0.1) is 6.92 Å². The highest BCUT2D eigenvalue weighted by Crippen LogP contribution is 2.07. The number of nitrogens with one attached hydrogen (secondary N) is 1. The Balaban J connectivity index is 1.70. The van der Waals surface area contributed by atoms with E-state index >= 15 is 0 Å². The summed E-state index contributed by atoms with van der Waals surface area (Å²) in [7, 11) is 2.08. The Morgan fingerprint density at radius 1 is 1.28 bits per heavy atom. The highest BCUT2D eigenvalue weighted by atomic mass is 15.2. The molecule has 2 heterocycles. The van der Waals surface area contributed by atoms with E-state index in [4.69, 9.17) is 0 Å². The summed E-state index contributed by atoms with van der Waals surface area (Å²) in [6, 6.07) is 4.04. The summed E-state index contributed by atoms with van der Waals surface area (Å²) in [6.45, 7) is 8.76. The molecule has 1 aromatic heterocycles. The van der Waals surface area contributed by atoms with Crippen molar-refractivity contribution in [1.82, 2.24) is 20.4 Å². The summed E-state index contributed by atoms with van der Waals surface area (Å²) in [5.41, 5.74) is 0.966. The maximum absolute atomic E-state index is 4.20. The molecule has 18 heavy (non-hydrogen) atoms. The van der Waals surface area contributed by atoms with Crippen molar-refractivity contribution in [3.8, 4) is 0 Å². The molecule has 0 unspecified atom stereocenters. The first-order valence-corrected chi connectivity index (χ1v) is 6.70. The van der Waals surface area contributed by atoms with Crippen LogP contribution in [0.3, 0.4) is 0 Å². The van der Waals surface area contributed by atoms with E-state index in [1.165, 1.54) is 26.1 Å². The summed E-state index contributed by atoms with van der Waals surface area (Å²) in [5, 5.41) is 11.7. The lowest BCUT2D eigenvalue weighted by molar-refractivity contribution is 0.239. The topological polar surface area (TPSA) is 44.3 Å². The molecule has 1 N–H and O–H groups in total. The van der Waals surface area contributed by atoms with Crippen molar-refractivity contribution < 1.29 is 0 Å². The van der Waals surface area contributed by atoms with Gasteiger partial charge in [0, 0.05) is 39.8 Å². The van der Waals surface area contributed by atoms with Crippen LogP contribution in [0.25, 0.3) is 0 Å². The fourth-order valence-corrected chi connectivity index (χ4v) is 2.18. The first-order valence-electron chi connectivity index (χ1n) is 6.70. The van der Waals surface area contributed by atoms with Gasteiger partial charge in [-0.25, -0.2) is 0 Å². The Morgan fingerprint density at radius 2 is 2.06 bits per heavy atom. The van der Waals surface area contributed by atoms with Crippen molar-refractivity contribution in [3.63, 3.8) is 0 Å². The third kappa shape index (κ3) is 3.92. The van der Waals surface area contributed by atoms with Gasteiger partial charge in [0.25, 0.3) is 0 Å². The Morgan fingerprint density at radius 3 is 2.72 bits per heavy atom. The molecule has 0 radical (unpaired) electrons. The maximum atomic E-state index is 4.20. The van der Waals surface area contributed by atoms with E-state index < -0.39 is 0 Å². The molecule has 5 heteroatoms. The van der Waals surface area contributed by atoms with Crippen molar-refractivity contribution in [1.29, 1.82) is 0 Å². The second kappa shape index (κ2) is 6.66. The number of aromatic nitrogens is 2. The molecule has 0 saturated carbocycles. The minimum absolute atomic E-state index is 0.959. The van der Waals surface area contributed by atoms with Gasteiger partial charge in [-0.3, -0.25) is 0 Å². The van der Waals surface area contributed by atoms with Gasteiger partial charge in [-0.1, -0.05) is 0 Å². The van der Waals surface area contributed by atoms with Gasteiger partial charge < -0.3 is 15.1 Å². The molecular weight excluding hydrogens is 226 g/mol. The molecule has 0 amide bonds. The Labute approximate surface area is 109 Å². The smallest absolute Gasteiger partial charge is 0.150 e. The first-order chi connectivity index (χ1) is 8.75. The van der Waals surface area contributed by atoms with Crippen LogP contribution in [0.15, 0.2) is 12.1 Å². The molecule has 0 aromatic carbocycles. The van der Waals surface area contributed by atoms with E-state index in [0.717, 1.165) is 31.1 Å². The normalized spacial score (nSPS) is 16.8. The molecule has 1 aliphatic rings. The van der Waals surface area contributed by atoms with E-state index in [2.05, 4.69) is 32.4 Å². The fraction of sp³-hybridized carbons (Fsp3) is 0.692. The van der Waals surface area contributed by atoms with Gasteiger partial charge in [-0.15, -0.1) is 5.10 Å². The lowest BCUT2D eigenvalue weighted by atomic mass is 10.3. The molecule has 100 valence electrons.